The molecular formula is C15H15N3O4. The lowest BCUT2D eigenvalue weighted by Crippen LogP contribution is -2.54. The molecule has 7 nitrogen and oxygen atoms in total. The summed E-state index contributed by atoms with van der Waals surface area (Å²) in [4.78, 5) is 53.3. The molecule has 0 radical (unpaired) electrons. The fourth-order valence-corrected chi connectivity index (χ4v) is 2.88. The molecule has 4 amide bonds. The molecule has 1 unspecified atom stereocenters. The first kappa shape index (κ1) is 14.4. The minimum Gasteiger partial charge on any atom is -0.295 e. The van der Waals surface area contributed by atoms with Gasteiger partial charge < -0.3 is 0 Å². The summed E-state index contributed by atoms with van der Waals surface area (Å²) in [6.45, 7) is 3.84. The molecule has 1 aromatic rings. The summed E-state index contributed by atoms with van der Waals surface area (Å²) < 4.78 is 0. The van der Waals surface area contributed by atoms with Crippen molar-refractivity contribution in [2.24, 2.45) is 0 Å². The molecule has 0 aromatic carbocycles. The second-order valence-electron chi connectivity index (χ2n) is 5.73. The molecule has 2 aliphatic heterocycles. The zero-order valence-electron chi connectivity index (χ0n) is 12.3. The third-order valence-electron chi connectivity index (χ3n) is 3.98. The number of piperidine rings is 1. The van der Waals surface area contributed by atoms with E-state index in [4.69, 9.17) is 0 Å². The van der Waals surface area contributed by atoms with Gasteiger partial charge in [0.25, 0.3) is 11.8 Å². The van der Waals surface area contributed by atoms with Crippen LogP contribution in [0.25, 0.3) is 0 Å². The van der Waals surface area contributed by atoms with Crippen LogP contribution in [0.1, 0.15) is 59.0 Å². The van der Waals surface area contributed by atoms with Crippen LogP contribution in [-0.2, 0) is 9.59 Å². The maximum atomic E-state index is 12.7. The third kappa shape index (κ3) is 2.01. The summed E-state index contributed by atoms with van der Waals surface area (Å²) >= 11 is 0. The first-order valence-corrected chi connectivity index (χ1v) is 7.12. The van der Waals surface area contributed by atoms with Gasteiger partial charge in [0.15, 0.2) is 0 Å². The molecule has 2 aliphatic rings. The highest BCUT2D eigenvalue weighted by Crippen LogP contribution is 2.31. The van der Waals surface area contributed by atoms with Crippen LogP contribution in [0, 0.1) is 0 Å². The number of aromatic nitrogens is 1. The van der Waals surface area contributed by atoms with Crippen LogP contribution >= 0.6 is 0 Å². The monoisotopic (exact) mass is 301 g/mol. The van der Waals surface area contributed by atoms with Crippen LogP contribution in [0.3, 0.4) is 0 Å². The van der Waals surface area contributed by atoms with E-state index in [2.05, 4.69) is 10.3 Å². The highest BCUT2D eigenvalue weighted by Gasteiger charge is 2.46. The fourth-order valence-electron chi connectivity index (χ4n) is 2.88. The quantitative estimate of drug-likeness (QED) is 0.807. The first-order valence-electron chi connectivity index (χ1n) is 7.12. The number of amides is 4. The van der Waals surface area contributed by atoms with Gasteiger partial charge in [0, 0.05) is 12.6 Å². The maximum absolute atomic E-state index is 12.7. The van der Waals surface area contributed by atoms with Gasteiger partial charge in [-0.3, -0.25) is 34.4 Å². The Morgan fingerprint density at radius 1 is 1.23 bits per heavy atom. The van der Waals surface area contributed by atoms with Crippen LogP contribution in [0.15, 0.2) is 12.3 Å². The highest BCUT2D eigenvalue weighted by molar-refractivity contribution is 6.23. The Morgan fingerprint density at radius 3 is 2.59 bits per heavy atom. The lowest BCUT2D eigenvalue weighted by molar-refractivity contribution is -0.136. The normalized spacial score (nSPS) is 21.4. The van der Waals surface area contributed by atoms with Crippen molar-refractivity contribution in [1.82, 2.24) is 15.2 Å². The summed E-state index contributed by atoms with van der Waals surface area (Å²) in [5, 5.41) is 2.17. The second kappa shape index (κ2) is 5.01. The van der Waals surface area contributed by atoms with E-state index in [0.29, 0.717) is 0 Å². The Bertz CT molecular complexity index is 711. The summed E-state index contributed by atoms with van der Waals surface area (Å²) in [5.41, 5.74) is 1.09. The molecule has 0 spiro atoms. The average molecular weight is 301 g/mol. The lowest BCUT2D eigenvalue weighted by Gasteiger charge is -2.27. The third-order valence-corrected chi connectivity index (χ3v) is 3.98. The van der Waals surface area contributed by atoms with E-state index >= 15 is 0 Å². The van der Waals surface area contributed by atoms with Gasteiger partial charge in [0.05, 0.1) is 5.56 Å². The van der Waals surface area contributed by atoms with Crippen LogP contribution < -0.4 is 5.32 Å². The van der Waals surface area contributed by atoms with Crippen molar-refractivity contribution in [1.29, 1.82) is 0 Å². The van der Waals surface area contributed by atoms with Crippen molar-refractivity contribution in [2.75, 3.05) is 0 Å². The van der Waals surface area contributed by atoms with Gasteiger partial charge in [0.1, 0.15) is 11.7 Å². The number of hydrogen-bond acceptors (Lipinski definition) is 5. The van der Waals surface area contributed by atoms with Gasteiger partial charge in [-0.05, 0) is 24.0 Å². The van der Waals surface area contributed by atoms with Crippen molar-refractivity contribution in [3.63, 3.8) is 0 Å². The highest BCUT2D eigenvalue weighted by atomic mass is 16.2. The average Bonchev–Trinajstić information content (AvgIpc) is 2.72. The standard InChI is InChI=1S/C15H15N3O4/c1-7(2)8-5-6-16-12-11(8)14(21)18(15(12)22)9-3-4-10(19)17-13(9)20/h5-7,9H,3-4H2,1-2H3,(H,17,19,20). The zero-order chi connectivity index (χ0) is 16.0. The molecule has 1 atom stereocenters. The summed E-state index contributed by atoms with van der Waals surface area (Å²) in [7, 11) is 0. The van der Waals surface area contributed by atoms with Gasteiger partial charge in [0.2, 0.25) is 11.8 Å². The molecule has 1 saturated heterocycles. The van der Waals surface area contributed by atoms with Crippen molar-refractivity contribution in [3.05, 3.63) is 29.1 Å². The van der Waals surface area contributed by atoms with E-state index in [-0.39, 0.29) is 35.9 Å². The molecule has 3 rings (SSSR count). The van der Waals surface area contributed by atoms with E-state index in [0.717, 1.165) is 10.5 Å². The van der Waals surface area contributed by atoms with Crippen molar-refractivity contribution >= 4 is 23.6 Å². The maximum Gasteiger partial charge on any atom is 0.280 e. The van der Waals surface area contributed by atoms with Crippen molar-refractivity contribution in [2.45, 2.75) is 38.6 Å². The number of nitrogens with one attached hydrogen (secondary N) is 1. The number of pyridine rings is 1. The zero-order valence-corrected chi connectivity index (χ0v) is 12.3. The molecular weight excluding hydrogens is 286 g/mol. The lowest BCUT2D eigenvalue weighted by atomic mass is 9.97. The summed E-state index contributed by atoms with van der Waals surface area (Å²) in [6, 6.07) is 0.759. The molecule has 22 heavy (non-hydrogen) atoms. The number of rotatable bonds is 2. The Morgan fingerprint density at radius 2 is 1.95 bits per heavy atom. The van der Waals surface area contributed by atoms with Crippen molar-refractivity contribution in [3.8, 4) is 0 Å². The number of nitrogens with zero attached hydrogens (tertiary/aromatic N) is 2. The minimum absolute atomic E-state index is 0.0511. The van der Waals surface area contributed by atoms with Crippen LogP contribution in [0.4, 0.5) is 0 Å². The molecule has 0 aliphatic carbocycles. The molecule has 1 fully saturated rings. The predicted molar refractivity (Wildman–Crippen MR) is 75.0 cm³/mol. The molecule has 0 bridgehead atoms. The Hall–Kier alpha value is -2.57. The van der Waals surface area contributed by atoms with Crippen LogP contribution in [0.2, 0.25) is 0 Å². The van der Waals surface area contributed by atoms with Gasteiger partial charge in [-0.1, -0.05) is 13.8 Å². The van der Waals surface area contributed by atoms with Crippen LogP contribution in [0.5, 0.6) is 0 Å². The second-order valence-corrected chi connectivity index (χ2v) is 5.73. The molecule has 0 saturated carbocycles. The Balaban J connectivity index is 2.02. The first-order chi connectivity index (χ1) is 10.4. The Kier molecular flexibility index (Phi) is 3.27. The minimum atomic E-state index is -0.952. The SMILES string of the molecule is CC(C)c1ccnc2c1C(=O)N(C1CCC(=O)NC1=O)C2=O. The largest absolute Gasteiger partial charge is 0.295 e. The van der Waals surface area contributed by atoms with E-state index in [1.165, 1.54) is 6.20 Å². The van der Waals surface area contributed by atoms with Crippen LogP contribution in [-0.4, -0.2) is 39.6 Å². The molecule has 114 valence electrons. The summed E-state index contributed by atoms with van der Waals surface area (Å²) in [5.74, 6) is -2.03. The molecule has 7 heteroatoms. The smallest absolute Gasteiger partial charge is 0.280 e. The van der Waals surface area contributed by atoms with Crippen molar-refractivity contribution < 1.29 is 19.2 Å². The fraction of sp³-hybridized carbons (Fsp3) is 0.400. The number of fused-ring (bicyclic) bond motifs is 1. The van der Waals surface area contributed by atoms with Gasteiger partial charge in [-0.15, -0.1) is 0 Å². The topological polar surface area (TPSA) is 96.4 Å². The number of hydrogen-bond donors (Lipinski definition) is 1. The van der Waals surface area contributed by atoms with Gasteiger partial charge in [-0.25, -0.2) is 0 Å². The number of carbonyl (C=O) groups is 4. The number of imide groups is 2. The molecule has 3 heterocycles. The molecule has 1 aromatic heterocycles. The van der Waals surface area contributed by atoms with E-state index in [9.17, 15) is 19.2 Å². The van der Waals surface area contributed by atoms with E-state index in [1.807, 2.05) is 13.8 Å². The molecule has 1 N–H and O–H groups in total. The van der Waals surface area contributed by atoms with E-state index < -0.39 is 23.8 Å². The van der Waals surface area contributed by atoms with E-state index in [1.54, 1.807) is 6.07 Å². The Labute approximate surface area is 126 Å². The summed E-state index contributed by atoms with van der Waals surface area (Å²) in [6.07, 6.45) is 1.74. The van der Waals surface area contributed by atoms with Gasteiger partial charge >= 0.3 is 0 Å². The number of carbonyl (C=O) groups excluding carboxylic acids is 4. The van der Waals surface area contributed by atoms with Gasteiger partial charge in [-0.2, -0.15) is 0 Å². The predicted octanol–water partition coefficient (Wildman–Crippen LogP) is 0.606.